The molecule has 0 aromatic heterocycles. The van der Waals surface area contributed by atoms with Crippen molar-refractivity contribution in [3.8, 4) is 0 Å². The molecule has 2 N–H and O–H groups in total. The number of likely N-dealkylation sites (N-methyl/N-ethyl adjacent to an activating group) is 1. The predicted octanol–water partition coefficient (Wildman–Crippen LogP) is 2.93. The molecule has 2 aromatic rings. The van der Waals surface area contributed by atoms with E-state index in [1.807, 2.05) is 19.1 Å². The van der Waals surface area contributed by atoms with Crippen LogP contribution in [0, 0.1) is 6.92 Å². The van der Waals surface area contributed by atoms with E-state index in [0.29, 0.717) is 5.69 Å². The van der Waals surface area contributed by atoms with Crippen LogP contribution in [-0.4, -0.2) is 52.7 Å². The second-order valence-electron chi connectivity index (χ2n) is 7.02. The molecule has 0 aliphatic carbocycles. The van der Waals surface area contributed by atoms with Gasteiger partial charge in [-0.15, -0.1) is 0 Å². The number of anilines is 2. The number of aryl methyl sites for hydroxylation is 1. The van der Waals surface area contributed by atoms with Crippen LogP contribution in [0.3, 0.4) is 0 Å². The van der Waals surface area contributed by atoms with Crippen LogP contribution in [0.1, 0.15) is 12.0 Å². The summed E-state index contributed by atoms with van der Waals surface area (Å²) in [5.41, 5.74) is 2.51. The molecule has 1 aliphatic rings. The van der Waals surface area contributed by atoms with E-state index < -0.39 is 10.0 Å². The summed E-state index contributed by atoms with van der Waals surface area (Å²) in [4.78, 5) is 2.50. The van der Waals surface area contributed by atoms with E-state index in [9.17, 15) is 8.42 Å². The summed E-state index contributed by atoms with van der Waals surface area (Å²) in [5, 5.41) is 3.55. The first-order chi connectivity index (χ1) is 12.9. The lowest BCUT2D eigenvalue weighted by Gasteiger charge is -2.37. The van der Waals surface area contributed by atoms with Gasteiger partial charge in [0.25, 0.3) is 10.0 Å². The van der Waals surface area contributed by atoms with Gasteiger partial charge in [-0.05, 0) is 56.8 Å². The molecule has 1 fully saturated rings. The lowest BCUT2D eigenvalue weighted by atomic mass is 10.0. The number of piperidine rings is 1. The normalized spacial score (nSPS) is 21.0. The van der Waals surface area contributed by atoms with E-state index in [2.05, 4.69) is 22.0 Å². The summed E-state index contributed by atoms with van der Waals surface area (Å²) >= 11 is 0. The molecule has 6 nitrogen and oxygen atoms in total. The molecule has 7 heteroatoms. The minimum atomic E-state index is -3.61. The van der Waals surface area contributed by atoms with Gasteiger partial charge in [0.15, 0.2) is 0 Å². The Kier molecular flexibility index (Phi) is 6.04. The molecule has 0 amide bonds. The van der Waals surface area contributed by atoms with E-state index in [4.69, 9.17) is 4.74 Å². The van der Waals surface area contributed by atoms with Crippen LogP contribution in [0.25, 0.3) is 0 Å². The first kappa shape index (κ1) is 19.7. The number of benzene rings is 2. The Morgan fingerprint density at radius 1 is 1.15 bits per heavy atom. The maximum atomic E-state index is 12.6. The minimum absolute atomic E-state index is 0.0906. The molecule has 1 saturated heterocycles. The van der Waals surface area contributed by atoms with E-state index in [1.54, 1.807) is 43.5 Å². The first-order valence-electron chi connectivity index (χ1n) is 9.05. The minimum Gasteiger partial charge on any atom is -0.379 e. The van der Waals surface area contributed by atoms with Crippen molar-refractivity contribution in [2.75, 3.05) is 37.3 Å². The zero-order valence-electron chi connectivity index (χ0n) is 16.0. The summed E-state index contributed by atoms with van der Waals surface area (Å²) in [7, 11) is 0.214. The third-order valence-corrected chi connectivity index (χ3v) is 6.35. The number of hydrogen-bond acceptors (Lipinski definition) is 5. The molecule has 27 heavy (non-hydrogen) atoms. The van der Waals surface area contributed by atoms with Gasteiger partial charge in [0.2, 0.25) is 0 Å². The molecule has 2 unspecified atom stereocenters. The molecule has 0 saturated carbocycles. The second kappa shape index (κ2) is 8.29. The van der Waals surface area contributed by atoms with Crippen molar-refractivity contribution in [1.82, 2.24) is 4.90 Å². The van der Waals surface area contributed by atoms with Crippen molar-refractivity contribution in [2.24, 2.45) is 0 Å². The molecule has 0 spiro atoms. The number of ether oxygens (including phenoxy) is 1. The number of methoxy groups -OCH3 is 1. The molecule has 3 rings (SSSR count). The van der Waals surface area contributed by atoms with Crippen molar-refractivity contribution in [3.05, 3.63) is 54.1 Å². The van der Waals surface area contributed by atoms with E-state index in [1.165, 1.54) is 0 Å². The number of rotatable bonds is 6. The maximum Gasteiger partial charge on any atom is 0.261 e. The number of nitrogens with one attached hydrogen (secondary N) is 2. The smallest absolute Gasteiger partial charge is 0.261 e. The summed E-state index contributed by atoms with van der Waals surface area (Å²) in [6, 6.07) is 14.1. The highest BCUT2D eigenvalue weighted by Crippen LogP contribution is 2.26. The average Bonchev–Trinajstić information content (AvgIpc) is 2.66. The highest BCUT2D eigenvalue weighted by Gasteiger charge is 2.28. The largest absolute Gasteiger partial charge is 0.379 e. The molecule has 1 aliphatic heterocycles. The molecular formula is C20H27N3O3S. The summed E-state index contributed by atoms with van der Waals surface area (Å²) in [5.74, 6) is 0. The second-order valence-corrected chi connectivity index (χ2v) is 8.71. The highest BCUT2D eigenvalue weighted by atomic mass is 32.2. The van der Waals surface area contributed by atoms with Crippen LogP contribution in [0.4, 0.5) is 11.4 Å². The fraction of sp³-hybridized carbons (Fsp3) is 0.400. The highest BCUT2D eigenvalue weighted by molar-refractivity contribution is 7.92. The Morgan fingerprint density at radius 2 is 1.89 bits per heavy atom. The number of nitrogens with zero attached hydrogens (tertiary/aromatic N) is 1. The van der Waals surface area contributed by atoms with Gasteiger partial charge >= 0.3 is 0 Å². The van der Waals surface area contributed by atoms with Crippen LogP contribution in [0.2, 0.25) is 0 Å². The average molecular weight is 390 g/mol. The van der Waals surface area contributed by atoms with Crippen molar-refractivity contribution in [3.63, 3.8) is 0 Å². The van der Waals surface area contributed by atoms with Crippen LogP contribution < -0.4 is 10.0 Å². The zero-order chi connectivity index (χ0) is 19.4. The van der Waals surface area contributed by atoms with E-state index in [-0.39, 0.29) is 17.0 Å². The van der Waals surface area contributed by atoms with E-state index in [0.717, 1.165) is 30.8 Å². The Balaban J connectivity index is 1.78. The van der Waals surface area contributed by atoms with Crippen molar-refractivity contribution >= 4 is 21.4 Å². The summed E-state index contributed by atoms with van der Waals surface area (Å²) in [6.45, 7) is 3.87. The lowest BCUT2D eigenvalue weighted by molar-refractivity contribution is 0.0312. The van der Waals surface area contributed by atoms with Gasteiger partial charge < -0.3 is 15.0 Å². The van der Waals surface area contributed by atoms with Crippen molar-refractivity contribution in [2.45, 2.75) is 30.4 Å². The fourth-order valence-electron chi connectivity index (χ4n) is 3.33. The maximum absolute atomic E-state index is 12.6. The molecule has 1 heterocycles. The van der Waals surface area contributed by atoms with Gasteiger partial charge in [-0.1, -0.05) is 24.3 Å². The number of hydrogen-bond donors (Lipinski definition) is 2. The quantitative estimate of drug-likeness (QED) is 0.795. The van der Waals surface area contributed by atoms with Gasteiger partial charge in [0.1, 0.15) is 0 Å². The van der Waals surface area contributed by atoms with Crippen molar-refractivity contribution < 1.29 is 13.2 Å². The Hall–Kier alpha value is -2.09. The third-order valence-electron chi connectivity index (χ3n) is 4.95. The predicted molar refractivity (Wildman–Crippen MR) is 109 cm³/mol. The van der Waals surface area contributed by atoms with Gasteiger partial charge in [-0.2, -0.15) is 0 Å². The van der Waals surface area contributed by atoms with Gasteiger partial charge in [0, 0.05) is 19.3 Å². The monoisotopic (exact) mass is 389 g/mol. The van der Waals surface area contributed by atoms with Crippen LogP contribution in [-0.2, 0) is 14.8 Å². The Morgan fingerprint density at radius 3 is 2.59 bits per heavy atom. The fourth-order valence-corrected chi connectivity index (χ4v) is 4.40. The molecule has 0 radical (unpaired) electrons. The SMILES string of the molecule is COC1CN(C)CCC1Nc1cc(NS(=O)(=O)c2ccccc2)ccc1C. The third kappa shape index (κ3) is 4.80. The number of sulfonamides is 1. The first-order valence-corrected chi connectivity index (χ1v) is 10.5. The Labute approximate surface area is 161 Å². The van der Waals surface area contributed by atoms with Crippen LogP contribution >= 0.6 is 0 Å². The van der Waals surface area contributed by atoms with Gasteiger partial charge in [0.05, 0.1) is 22.7 Å². The van der Waals surface area contributed by atoms with Crippen LogP contribution in [0.5, 0.6) is 0 Å². The van der Waals surface area contributed by atoms with Crippen LogP contribution in [0.15, 0.2) is 53.4 Å². The standard InChI is InChI=1S/C20H27N3O3S/c1-15-9-10-16(22-27(24,25)17-7-5-4-6-8-17)13-19(15)21-18-11-12-23(2)14-20(18)26-3/h4-10,13,18,20-22H,11-12,14H2,1-3H3. The summed E-state index contributed by atoms with van der Waals surface area (Å²) in [6.07, 6.45) is 1.06. The zero-order valence-corrected chi connectivity index (χ0v) is 16.8. The molecule has 2 aromatic carbocycles. The molecule has 0 bridgehead atoms. The van der Waals surface area contributed by atoms with Crippen molar-refractivity contribution in [1.29, 1.82) is 0 Å². The van der Waals surface area contributed by atoms with Gasteiger partial charge in [-0.25, -0.2) is 8.42 Å². The number of likely N-dealkylation sites (tertiary alicyclic amines) is 1. The molecule has 146 valence electrons. The topological polar surface area (TPSA) is 70.7 Å². The van der Waals surface area contributed by atoms with Gasteiger partial charge in [-0.3, -0.25) is 4.72 Å². The summed E-state index contributed by atoms with van der Waals surface area (Å²) < 4.78 is 33.4. The molecule has 2 atom stereocenters. The molecular weight excluding hydrogens is 362 g/mol. The van der Waals surface area contributed by atoms with E-state index >= 15 is 0 Å². The lowest BCUT2D eigenvalue weighted by Crippen LogP contribution is -2.49. The Bertz CT molecular complexity index is 871.